The van der Waals surface area contributed by atoms with Gasteiger partial charge in [0, 0.05) is 30.2 Å². The maximum absolute atomic E-state index is 14.1. The zero-order chi connectivity index (χ0) is 45.1. The molecule has 0 bridgehead atoms. The van der Waals surface area contributed by atoms with Crippen molar-refractivity contribution in [3.8, 4) is 46.7 Å². The van der Waals surface area contributed by atoms with Crippen LogP contribution in [0.15, 0.2) is 72.1 Å². The number of aliphatic hydroxyl groups excluding tert-OH is 2. The second-order valence-corrected chi connectivity index (χ2v) is 16.0. The number of halogens is 1. The number of nitrogens with one attached hydrogen (secondary N) is 1. The molecule has 2 unspecified atom stereocenters. The summed E-state index contributed by atoms with van der Waals surface area (Å²) in [5, 5.41) is 35.5. The molecule has 1 fully saturated rings. The number of carbonyl (C=O) groups is 3. The predicted molar refractivity (Wildman–Crippen MR) is 225 cm³/mol. The molecule has 1 saturated heterocycles. The topological polar surface area (TPSA) is 218 Å². The SMILES string of the molecule is C=C1Oc2cc(OC)cc(C(=O)OC(COC(=O)C[C@H](N)c3cc(O)c(OC)c(Cl)c3)/C3=C/C#CCCC4(O[C@@H]5OC(C)(C)[C@@H](N(C)C)[C@@H](O)[C@H]5O)C=CC=C4C#C3)c2NC1=O. The number of esters is 2. The van der Waals surface area contributed by atoms with Crippen LogP contribution in [0.2, 0.25) is 5.02 Å². The third kappa shape index (κ3) is 9.62. The number of nitrogens with two attached hydrogens (primary N) is 1. The smallest absolute Gasteiger partial charge is 0.341 e. The number of aromatic hydroxyl groups is 1. The molecule has 2 aliphatic carbocycles. The number of aliphatic hydroxyl groups is 2. The van der Waals surface area contributed by atoms with Gasteiger partial charge in [-0.1, -0.05) is 47.9 Å². The van der Waals surface area contributed by atoms with E-state index in [1.807, 2.05) is 0 Å². The third-order valence-electron chi connectivity index (χ3n) is 10.7. The lowest BCUT2D eigenvalue weighted by Gasteiger charge is -2.51. The van der Waals surface area contributed by atoms with Crippen LogP contribution in [0.1, 0.15) is 55.1 Å². The van der Waals surface area contributed by atoms with Crippen molar-refractivity contribution in [3.05, 3.63) is 88.2 Å². The van der Waals surface area contributed by atoms with E-state index in [2.05, 4.69) is 35.6 Å². The standard InChI is InChI=1S/C45H48ClN3O13/c1-24-41(54)48-36-29(20-28(56-6)21-33(36)59-24)42(55)60-34(23-58-35(51)22-31(47)26-18-30(46)39(57-7)32(50)19-26)25-12-9-8-10-16-45(17-11-13-27(45)15-14-25)62-43-38(53)37(52)40(49(4)5)44(2,3)61-43/h11-13,17-21,31,34,37-38,40,43,50,52-53H,1,10,16,22-23,47H2,2-7H3,(H,48,54)/b25-12+/t31-,34?,37-,38+,40-,43-,45?/m0/s1. The molecule has 4 aliphatic rings. The van der Waals surface area contributed by atoms with E-state index in [0.717, 1.165) is 0 Å². The summed E-state index contributed by atoms with van der Waals surface area (Å²) in [5.74, 6) is 9.51. The number of phenolic OH excluding ortho intramolecular Hbond substituents is 1. The monoisotopic (exact) mass is 873 g/mol. The lowest BCUT2D eigenvalue weighted by Crippen LogP contribution is -2.67. The molecule has 16 nitrogen and oxygen atoms in total. The highest BCUT2D eigenvalue weighted by Crippen LogP contribution is 2.41. The van der Waals surface area contributed by atoms with Gasteiger partial charge in [-0.2, -0.15) is 0 Å². The molecular formula is C45H48ClN3O13. The zero-order valence-electron chi connectivity index (χ0n) is 34.9. The normalized spacial score (nSPS) is 25.3. The molecule has 7 atom stereocenters. The first kappa shape index (κ1) is 45.7. The van der Waals surface area contributed by atoms with E-state index in [4.69, 9.17) is 50.5 Å². The molecule has 0 aromatic heterocycles. The first-order chi connectivity index (χ1) is 29.4. The number of ether oxygens (including phenoxy) is 7. The van der Waals surface area contributed by atoms with Gasteiger partial charge in [0.1, 0.15) is 30.2 Å². The maximum Gasteiger partial charge on any atom is 0.341 e. The number of hydrogen-bond donors (Lipinski definition) is 5. The van der Waals surface area contributed by atoms with Gasteiger partial charge in [0.15, 0.2) is 35.4 Å². The number of benzene rings is 2. The molecule has 6 rings (SSSR count). The van der Waals surface area contributed by atoms with Crippen LogP contribution in [0.5, 0.6) is 23.0 Å². The van der Waals surface area contributed by atoms with Crippen molar-refractivity contribution in [1.82, 2.24) is 4.90 Å². The van der Waals surface area contributed by atoms with Crippen LogP contribution >= 0.6 is 11.6 Å². The van der Waals surface area contributed by atoms with Crippen molar-refractivity contribution in [2.24, 2.45) is 5.73 Å². The van der Waals surface area contributed by atoms with Crippen LogP contribution in [0.25, 0.3) is 0 Å². The van der Waals surface area contributed by atoms with E-state index >= 15 is 0 Å². The van der Waals surface area contributed by atoms with Gasteiger partial charge in [0.05, 0.1) is 54.1 Å². The molecule has 1 amide bonds. The largest absolute Gasteiger partial charge is 0.504 e. The van der Waals surface area contributed by atoms with Gasteiger partial charge in [-0.25, -0.2) is 4.79 Å². The van der Waals surface area contributed by atoms with E-state index in [9.17, 15) is 29.7 Å². The number of carbonyl (C=O) groups excluding carboxylic acids is 3. The average Bonchev–Trinajstić information content (AvgIpc) is 3.60. The van der Waals surface area contributed by atoms with E-state index in [1.54, 1.807) is 51.1 Å². The Balaban J connectivity index is 1.31. The Morgan fingerprint density at radius 1 is 1.13 bits per heavy atom. The summed E-state index contributed by atoms with van der Waals surface area (Å²) in [5.41, 5.74) is 4.86. The van der Waals surface area contributed by atoms with E-state index < -0.39 is 72.3 Å². The van der Waals surface area contributed by atoms with Gasteiger partial charge < -0.3 is 64.4 Å². The lowest BCUT2D eigenvalue weighted by molar-refractivity contribution is -0.326. The lowest BCUT2D eigenvalue weighted by atomic mass is 9.85. The number of likely N-dealkylation sites (N-methyl/N-ethyl adjacent to an activating group) is 1. The summed E-state index contributed by atoms with van der Waals surface area (Å²) in [6.45, 7) is 6.62. The number of nitrogens with zero attached hydrogens (tertiary/aromatic N) is 1. The Morgan fingerprint density at radius 3 is 2.58 bits per heavy atom. The number of fused-ring (bicyclic) bond motifs is 2. The summed E-state index contributed by atoms with van der Waals surface area (Å²) < 4.78 is 40.5. The molecule has 2 aromatic carbocycles. The Kier molecular flexibility index (Phi) is 13.8. The minimum atomic E-state index is -1.42. The van der Waals surface area contributed by atoms with Gasteiger partial charge >= 0.3 is 11.9 Å². The molecule has 2 heterocycles. The van der Waals surface area contributed by atoms with Crippen molar-refractivity contribution in [1.29, 1.82) is 0 Å². The van der Waals surface area contributed by atoms with Crippen LogP contribution in [-0.4, -0.2) is 115 Å². The highest BCUT2D eigenvalue weighted by atomic mass is 35.5. The number of phenols is 1. The van der Waals surface area contributed by atoms with Crippen LogP contribution in [0.3, 0.4) is 0 Å². The highest BCUT2D eigenvalue weighted by Gasteiger charge is 2.53. The Labute approximate surface area is 363 Å². The molecule has 0 radical (unpaired) electrons. The molecule has 2 aromatic rings. The Hall–Kier alpha value is -5.82. The van der Waals surface area contributed by atoms with Gasteiger partial charge in [0.2, 0.25) is 0 Å². The second-order valence-electron chi connectivity index (χ2n) is 15.6. The first-order valence-corrected chi connectivity index (χ1v) is 19.8. The van der Waals surface area contributed by atoms with E-state index in [0.29, 0.717) is 17.6 Å². The summed E-state index contributed by atoms with van der Waals surface area (Å²) in [6, 6.07) is 4.05. The molecular weight excluding hydrogens is 826 g/mol. The summed E-state index contributed by atoms with van der Waals surface area (Å²) in [6.07, 6.45) is 1.58. The van der Waals surface area contributed by atoms with E-state index in [1.165, 1.54) is 44.6 Å². The van der Waals surface area contributed by atoms with Gasteiger partial charge in [-0.3, -0.25) is 9.59 Å². The first-order valence-electron chi connectivity index (χ1n) is 19.5. The van der Waals surface area contributed by atoms with Crippen molar-refractivity contribution >= 4 is 35.1 Å². The summed E-state index contributed by atoms with van der Waals surface area (Å²) in [7, 11) is 6.28. The molecule has 2 aliphatic heterocycles. The van der Waals surface area contributed by atoms with Gasteiger partial charge in [0.25, 0.3) is 5.91 Å². The number of amides is 1. The number of hydrogen-bond acceptors (Lipinski definition) is 15. The minimum absolute atomic E-state index is 0.0106. The quantitative estimate of drug-likeness (QED) is 0.110. The van der Waals surface area contributed by atoms with Crippen molar-refractivity contribution in [2.75, 3.05) is 40.2 Å². The van der Waals surface area contributed by atoms with Crippen molar-refractivity contribution < 1.29 is 62.9 Å². The van der Waals surface area contributed by atoms with Crippen LogP contribution in [0, 0.1) is 23.7 Å². The minimum Gasteiger partial charge on any atom is -0.504 e. The average molecular weight is 874 g/mol. The summed E-state index contributed by atoms with van der Waals surface area (Å²) >= 11 is 6.24. The molecule has 62 heavy (non-hydrogen) atoms. The van der Waals surface area contributed by atoms with Crippen molar-refractivity contribution in [3.63, 3.8) is 0 Å². The molecule has 0 saturated carbocycles. The second kappa shape index (κ2) is 18.7. The highest BCUT2D eigenvalue weighted by molar-refractivity contribution is 6.32. The fraction of sp³-hybridized carbons (Fsp3) is 0.400. The van der Waals surface area contributed by atoms with Crippen LogP contribution < -0.4 is 25.3 Å². The molecule has 6 N–H and O–H groups in total. The van der Waals surface area contributed by atoms with Gasteiger partial charge in [-0.15, -0.1) is 0 Å². The third-order valence-corrected chi connectivity index (χ3v) is 10.9. The molecule has 17 heteroatoms. The molecule has 328 valence electrons. The molecule has 0 spiro atoms. The van der Waals surface area contributed by atoms with Crippen molar-refractivity contribution in [2.45, 2.75) is 81.0 Å². The number of rotatable bonds is 13. The fourth-order valence-corrected chi connectivity index (χ4v) is 7.94. The van der Waals surface area contributed by atoms with Crippen LogP contribution in [-0.2, 0) is 28.5 Å². The van der Waals surface area contributed by atoms with Gasteiger partial charge in [-0.05, 0) is 70.3 Å². The fourth-order valence-electron chi connectivity index (χ4n) is 7.64. The Morgan fingerprint density at radius 2 is 1.89 bits per heavy atom. The zero-order valence-corrected chi connectivity index (χ0v) is 35.7. The maximum atomic E-state index is 14.1. The van der Waals surface area contributed by atoms with Crippen LogP contribution in [0.4, 0.5) is 5.69 Å². The number of methoxy groups -OCH3 is 2. The summed E-state index contributed by atoms with van der Waals surface area (Å²) in [4.78, 5) is 41.8. The predicted octanol–water partition coefficient (Wildman–Crippen LogP) is 3.83. The number of allylic oxidation sites excluding steroid dienone is 3. The number of anilines is 1. The Bertz CT molecular complexity index is 2340. The van der Waals surface area contributed by atoms with E-state index in [-0.39, 0.29) is 63.4 Å².